The molecular weight excluding hydrogens is 378 g/mol. The number of ether oxygens (including phenoxy) is 1. The molecule has 0 saturated heterocycles. The van der Waals surface area contributed by atoms with Gasteiger partial charge in [0.05, 0.1) is 5.56 Å². The summed E-state index contributed by atoms with van der Waals surface area (Å²) in [6.45, 7) is 3.43. The SMILES string of the molecule is CC(CN(C)Cc1ccccc1)OC(=O)c1ccccc1Br.Cl. The van der Waals surface area contributed by atoms with Crippen molar-refractivity contribution in [2.24, 2.45) is 0 Å². The van der Waals surface area contributed by atoms with Gasteiger partial charge in [-0.1, -0.05) is 42.5 Å². The molecule has 0 amide bonds. The van der Waals surface area contributed by atoms with Crippen LogP contribution in [0.1, 0.15) is 22.8 Å². The number of rotatable bonds is 6. The summed E-state index contributed by atoms with van der Waals surface area (Å²) in [4.78, 5) is 14.3. The average molecular weight is 399 g/mol. The molecule has 1 unspecified atom stereocenters. The van der Waals surface area contributed by atoms with E-state index in [2.05, 4.69) is 33.0 Å². The van der Waals surface area contributed by atoms with Crippen molar-refractivity contribution >= 4 is 34.3 Å². The quantitative estimate of drug-likeness (QED) is 0.669. The van der Waals surface area contributed by atoms with Crippen molar-refractivity contribution in [2.45, 2.75) is 19.6 Å². The van der Waals surface area contributed by atoms with Crippen molar-refractivity contribution in [3.05, 3.63) is 70.2 Å². The number of benzene rings is 2. The van der Waals surface area contributed by atoms with Gasteiger partial charge in [0.1, 0.15) is 6.10 Å². The van der Waals surface area contributed by atoms with Crippen LogP contribution < -0.4 is 0 Å². The Morgan fingerprint density at radius 3 is 2.39 bits per heavy atom. The number of carbonyl (C=O) groups excluding carboxylic acids is 1. The van der Waals surface area contributed by atoms with Crippen molar-refractivity contribution in [3.8, 4) is 0 Å². The summed E-state index contributed by atoms with van der Waals surface area (Å²) < 4.78 is 6.27. The maximum atomic E-state index is 12.1. The van der Waals surface area contributed by atoms with Crippen molar-refractivity contribution < 1.29 is 9.53 Å². The van der Waals surface area contributed by atoms with Crippen LogP contribution >= 0.6 is 28.3 Å². The number of nitrogens with zero attached hydrogens (tertiary/aromatic N) is 1. The molecule has 0 saturated carbocycles. The number of hydrogen-bond donors (Lipinski definition) is 0. The van der Waals surface area contributed by atoms with E-state index in [4.69, 9.17) is 4.74 Å². The highest BCUT2D eigenvalue weighted by atomic mass is 79.9. The molecule has 2 rings (SSSR count). The first-order chi connectivity index (χ1) is 10.6. The molecule has 2 aromatic rings. The van der Waals surface area contributed by atoms with E-state index in [-0.39, 0.29) is 24.5 Å². The molecule has 23 heavy (non-hydrogen) atoms. The maximum absolute atomic E-state index is 12.1. The van der Waals surface area contributed by atoms with Gasteiger partial charge in [-0.3, -0.25) is 4.90 Å². The second kappa shape index (κ2) is 9.71. The molecule has 0 aliphatic heterocycles. The standard InChI is InChI=1S/C18H20BrNO2.ClH/c1-14(12-20(2)13-15-8-4-3-5-9-15)22-18(21)16-10-6-7-11-17(16)19;/h3-11,14H,12-13H2,1-2H3;1H. The second-order valence-corrected chi connectivity index (χ2v) is 6.23. The number of carbonyl (C=O) groups is 1. The van der Waals surface area contributed by atoms with E-state index < -0.39 is 0 Å². The smallest absolute Gasteiger partial charge is 0.339 e. The summed E-state index contributed by atoms with van der Waals surface area (Å²) in [5.41, 5.74) is 1.80. The number of hydrogen-bond acceptors (Lipinski definition) is 3. The highest BCUT2D eigenvalue weighted by Crippen LogP contribution is 2.17. The first-order valence-electron chi connectivity index (χ1n) is 7.24. The van der Waals surface area contributed by atoms with Crippen LogP contribution in [0.4, 0.5) is 0 Å². The number of likely N-dealkylation sites (N-methyl/N-ethyl adjacent to an activating group) is 1. The Morgan fingerprint density at radius 2 is 1.74 bits per heavy atom. The molecule has 124 valence electrons. The molecule has 3 nitrogen and oxygen atoms in total. The van der Waals surface area contributed by atoms with Gasteiger partial charge in [-0.15, -0.1) is 12.4 Å². The predicted molar refractivity (Wildman–Crippen MR) is 99.0 cm³/mol. The van der Waals surface area contributed by atoms with E-state index in [9.17, 15) is 4.79 Å². The van der Waals surface area contributed by atoms with E-state index in [1.54, 1.807) is 6.07 Å². The van der Waals surface area contributed by atoms with Crippen LogP contribution in [0.25, 0.3) is 0 Å². The lowest BCUT2D eigenvalue weighted by atomic mass is 10.2. The fourth-order valence-electron chi connectivity index (χ4n) is 2.31. The first kappa shape index (κ1) is 19.7. The van der Waals surface area contributed by atoms with Gasteiger partial charge in [0, 0.05) is 17.6 Å². The Kier molecular flexibility index (Phi) is 8.31. The van der Waals surface area contributed by atoms with Crippen molar-refractivity contribution in [1.29, 1.82) is 0 Å². The summed E-state index contributed by atoms with van der Waals surface area (Å²) in [5, 5.41) is 0. The summed E-state index contributed by atoms with van der Waals surface area (Å²) in [7, 11) is 2.02. The highest BCUT2D eigenvalue weighted by molar-refractivity contribution is 9.10. The van der Waals surface area contributed by atoms with Gasteiger partial charge in [-0.2, -0.15) is 0 Å². The van der Waals surface area contributed by atoms with Gasteiger partial charge in [0.15, 0.2) is 0 Å². The summed E-state index contributed by atoms with van der Waals surface area (Å²) >= 11 is 3.37. The maximum Gasteiger partial charge on any atom is 0.339 e. The zero-order chi connectivity index (χ0) is 15.9. The molecule has 0 aliphatic carbocycles. The van der Waals surface area contributed by atoms with E-state index in [1.165, 1.54) is 5.56 Å². The van der Waals surface area contributed by atoms with Gasteiger partial charge in [-0.05, 0) is 47.6 Å². The Bertz CT molecular complexity index is 621. The number of esters is 1. The molecule has 0 N–H and O–H groups in total. The van der Waals surface area contributed by atoms with Gasteiger partial charge >= 0.3 is 5.97 Å². The van der Waals surface area contributed by atoms with Crippen molar-refractivity contribution in [2.75, 3.05) is 13.6 Å². The molecule has 2 aromatic carbocycles. The van der Waals surface area contributed by atoms with Crippen molar-refractivity contribution in [3.63, 3.8) is 0 Å². The molecule has 0 fully saturated rings. The molecule has 5 heteroatoms. The van der Waals surface area contributed by atoms with E-state index in [1.807, 2.05) is 50.4 Å². The van der Waals surface area contributed by atoms with Gasteiger partial charge in [0.2, 0.25) is 0 Å². The molecule has 0 heterocycles. The third-order valence-electron chi connectivity index (χ3n) is 3.27. The molecule has 1 atom stereocenters. The highest BCUT2D eigenvalue weighted by Gasteiger charge is 2.15. The minimum absolute atomic E-state index is 0. The van der Waals surface area contributed by atoms with Gasteiger partial charge in [0.25, 0.3) is 0 Å². The lowest BCUT2D eigenvalue weighted by Crippen LogP contribution is -2.30. The Balaban J connectivity index is 0.00000264. The minimum Gasteiger partial charge on any atom is -0.458 e. The van der Waals surface area contributed by atoms with Crippen LogP contribution in [0.5, 0.6) is 0 Å². The molecule has 0 spiro atoms. The minimum atomic E-state index is -0.298. The van der Waals surface area contributed by atoms with Gasteiger partial charge < -0.3 is 4.74 Å². The third kappa shape index (κ3) is 6.34. The van der Waals surface area contributed by atoms with Crippen LogP contribution in [-0.4, -0.2) is 30.6 Å². The fraction of sp³-hybridized carbons (Fsp3) is 0.278. The second-order valence-electron chi connectivity index (χ2n) is 5.38. The summed E-state index contributed by atoms with van der Waals surface area (Å²) in [5.74, 6) is -0.298. The molecule has 0 aliphatic rings. The van der Waals surface area contributed by atoms with Crippen LogP contribution in [0.3, 0.4) is 0 Å². The molecule has 0 aromatic heterocycles. The topological polar surface area (TPSA) is 29.5 Å². The molecular formula is C18H21BrClNO2. The van der Waals surface area contributed by atoms with Gasteiger partial charge in [-0.25, -0.2) is 4.79 Å². The largest absolute Gasteiger partial charge is 0.458 e. The van der Waals surface area contributed by atoms with Crippen LogP contribution in [-0.2, 0) is 11.3 Å². The Hall–Kier alpha value is -1.36. The van der Waals surface area contributed by atoms with E-state index in [0.717, 1.165) is 11.0 Å². The van der Waals surface area contributed by atoms with Crippen LogP contribution in [0.15, 0.2) is 59.1 Å². The third-order valence-corrected chi connectivity index (χ3v) is 3.96. The first-order valence-corrected chi connectivity index (χ1v) is 8.03. The Labute approximate surface area is 152 Å². The summed E-state index contributed by atoms with van der Waals surface area (Å²) in [6, 6.07) is 17.5. The lowest BCUT2D eigenvalue weighted by molar-refractivity contribution is 0.0267. The average Bonchev–Trinajstić information content (AvgIpc) is 2.48. The zero-order valence-electron chi connectivity index (χ0n) is 13.2. The Morgan fingerprint density at radius 1 is 1.13 bits per heavy atom. The van der Waals surface area contributed by atoms with Crippen molar-refractivity contribution in [1.82, 2.24) is 4.90 Å². The molecule has 0 bridgehead atoms. The monoisotopic (exact) mass is 397 g/mol. The summed E-state index contributed by atoms with van der Waals surface area (Å²) in [6.07, 6.45) is -0.173. The van der Waals surface area contributed by atoms with Crippen LogP contribution in [0, 0.1) is 0 Å². The number of halogens is 2. The lowest BCUT2D eigenvalue weighted by Gasteiger charge is -2.21. The predicted octanol–water partition coefficient (Wildman–Crippen LogP) is 4.55. The van der Waals surface area contributed by atoms with Crippen LogP contribution in [0.2, 0.25) is 0 Å². The molecule has 0 radical (unpaired) electrons. The normalized spacial score (nSPS) is 11.7. The zero-order valence-corrected chi connectivity index (χ0v) is 15.6. The van der Waals surface area contributed by atoms with E-state index >= 15 is 0 Å². The fourth-order valence-corrected chi connectivity index (χ4v) is 2.76. The van der Waals surface area contributed by atoms with E-state index in [0.29, 0.717) is 12.1 Å².